The van der Waals surface area contributed by atoms with Crippen molar-refractivity contribution in [1.29, 1.82) is 0 Å². The summed E-state index contributed by atoms with van der Waals surface area (Å²) in [4.78, 5) is 8.28. The standard InChI is InChI=1S/C8H7BrN2O/c1-4-7(9)8-6(12-4)3-10-5(2)11-8/h3H,1-2H3. The second kappa shape index (κ2) is 2.55. The molecule has 0 aliphatic rings. The van der Waals surface area contributed by atoms with Crippen molar-refractivity contribution in [3.05, 3.63) is 22.3 Å². The Morgan fingerprint density at radius 3 is 2.92 bits per heavy atom. The number of rotatable bonds is 0. The maximum atomic E-state index is 5.38. The topological polar surface area (TPSA) is 38.9 Å². The third-order valence-corrected chi connectivity index (χ3v) is 2.59. The number of hydrogen-bond donors (Lipinski definition) is 0. The van der Waals surface area contributed by atoms with Gasteiger partial charge in [-0.25, -0.2) is 9.97 Å². The third-order valence-electron chi connectivity index (χ3n) is 1.66. The number of aryl methyl sites for hydroxylation is 2. The van der Waals surface area contributed by atoms with E-state index in [9.17, 15) is 0 Å². The molecule has 0 spiro atoms. The number of fused-ring (bicyclic) bond motifs is 1. The number of aromatic nitrogens is 2. The van der Waals surface area contributed by atoms with Crippen LogP contribution in [-0.4, -0.2) is 9.97 Å². The fourth-order valence-corrected chi connectivity index (χ4v) is 1.43. The van der Waals surface area contributed by atoms with Crippen LogP contribution in [0.15, 0.2) is 15.1 Å². The van der Waals surface area contributed by atoms with Crippen LogP contribution in [0.3, 0.4) is 0 Å². The summed E-state index contributed by atoms with van der Waals surface area (Å²) in [5, 5.41) is 0. The summed E-state index contributed by atoms with van der Waals surface area (Å²) in [7, 11) is 0. The second-order valence-corrected chi connectivity index (χ2v) is 3.40. The summed E-state index contributed by atoms with van der Waals surface area (Å²) in [6.45, 7) is 3.75. The molecule has 2 aromatic rings. The average Bonchev–Trinajstić information content (AvgIpc) is 2.31. The first-order chi connectivity index (χ1) is 5.68. The summed E-state index contributed by atoms with van der Waals surface area (Å²) in [5.74, 6) is 1.59. The van der Waals surface area contributed by atoms with Crippen molar-refractivity contribution >= 4 is 27.0 Å². The first-order valence-corrected chi connectivity index (χ1v) is 4.36. The van der Waals surface area contributed by atoms with E-state index in [1.807, 2.05) is 13.8 Å². The van der Waals surface area contributed by atoms with E-state index in [1.54, 1.807) is 6.20 Å². The summed E-state index contributed by atoms with van der Waals surface area (Å²) in [6.07, 6.45) is 1.69. The largest absolute Gasteiger partial charge is 0.457 e. The molecule has 0 saturated carbocycles. The highest BCUT2D eigenvalue weighted by atomic mass is 79.9. The van der Waals surface area contributed by atoms with Crippen molar-refractivity contribution in [2.24, 2.45) is 0 Å². The van der Waals surface area contributed by atoms with Gasteiger partial charge in [0.25, 0.3) is 0 Å². The summed E-state index contributed by atoms with van der Waals surface area (Å²) >= 11 is 3.40. The van der Waals surface area contributed by atoms with E-state index in [0.717, 1.165) is 27.2 Å². The Labute approximate surface area is 77.9 Å². The lowest BCUT2D eigenvalue weighted by Gasteiger charge is -1.89. The molecule has 0 aromatic carbocycles. The van der Waals surface area contributed by atoms with Gasteiger partial charge < -0.3 is 4.42 Å². The van der Waals surface area contributed by atoms with Crippen LogP contribution in [0.2, 0.25) is 0 Å². The van der Waals surface area contributed by atoms with E-state index < -0.39 is 0 Å². The Morgan fingerprint density at radius 1 is 1.42 bits per heavy atom. The Balaban J connectivity index is 2.88. The Hall–Kier alpha value is -0.900. The fourth-order valence-electron chi connectivity index (χ4n) is 1.07. The van der Waals surface area contributed by atoms with Crippen LogP contribution >= 0.6 is 15.9 Å². The SMILES string of the molecule is Cc1ncc2oc(C)c(Br)c2n1. The van der Waals surface area contributed by atoms with Crippen molar-refractivity contribution in [3.8, 4) is 0 Å². The highest BCUT2D eigenvalue weighted by Gasteiger charge is 2.09. The van der Waals surface area contributed by atoms with Crippen LogP contribution in [0.4, 0.5) is 0 Å². The normalized spacial score (nSPS) is 10.9. The monoisotopic (exact) mass is 226 g/mol. The van der Waals surface area contributed by atoms with E-state index >= 15 is 0 Å². The molecule has 0 saturated heterocycles. The molecule has 4 heteroatoms. The van der Waals surface area contributed by atoms with Crippen molar-refractivity contribution in [3.63, 3.8) is 0 Å². The quantitative estimate of drug-likeness (QED) is 0.694. The Morgan fingerprint density at radius 2 is 2.17 bits per heavy atom. The van der Waals surface area contributed by atoms with Crippen molar-refractivity contribution in [2.75, 3.05) is 0 Å². The smallest absolute Gasteiger partial charge is 0.172 e. The molecule has 62 valence electrons. The molecule has 0 bridgehead atoms. The highest BCUT2D eigenvalue weighted by Crippen LogP contribution is 2.27. The predicted molar refractivity (Wildman–Crippen MR) is 49.0 cm³/mol. The second-order valence-electron chi connectivity index (χ2n) is 2.60. The van der Waals surface area contributed by atoms with Crippen LogP contribution in [-0.2, 0) is 0 Å². The molecular weight excluding hydrogens is 220 g/mol. The van der Waals surface area contributed by atoms with Gasteiger partial charge in [0.1, 0.15) is 17.1 Å². The van der Waals surface area contributed by atoms with E-state index in [-0.39, 0.29) is 0 Å². The minimum atomic E-state index is 0.727. The molecule has 0 fully saturated rings. The van der Waals surface area contributed by atoms with Gasteiger partial charge in [0.15, 0.2) is 5.58 Å². The number of furan rings is 1. The van der Waals surface area contributed by atoms with Gasteiger partial charge in [-0.2, -0.15) is 0 Å². The molecule has 0 amide bonds. The molecule has 0 unspecified atom stereocenters. The number of halogens is 1. The molecule has 0 aliphatic carbocycles. The molecule has 2 rings (SSSR count). The average molecular weight is 227 g/mol. The van der Waals surface area contributed by atoms with E-state index in [2.05, 4.69) is 25.9 Å². The summed E-state index contributed by atoms with van der Waals surface area (Å²) in [6, 6.07) is 0. The van der Waals surface area contributed by atoms with E-state index in [1.165, 1.54) is 0 Å². The lowest BCUT2D eigenvalue weighted by atomic mass is 10.4. The predicted octanol–water partition coefficient (Wildman–Crippen LogP) is 2.60. The van der Waals surface area contributed by atoms with Crippen LogP contribution in [0.5, 0.6) is 0 Å². The van der Waals surface area contributed by atoms with Gasteiger partial charge in [-0.1, -0.05) is 0 Å². The maximum Gasteiger partial charge on any atom is 0.172 e. The Bertz CT molecular complexity index is 436. The minimum absolute atomic E-state index is 0.727. The van der Waals surface area contributed by atoms with E-state index in [4.69, 9.17) is 4.42 Å². The lowest BCUT2D eigenvalue weighted by molar-refractivity contribution is 0.574. The van der Waals surface area contributed by atoms with Gasteiger partial charge in [-0.05, 0) is 29.8 Å². The van der Waals surface area contributed by atoms with Gasteiger partial charge in [0.2, 0.25) is 0 Å². The highest BCUT2D eigenvalue weighted by molar-refractivity contribution is 9.10. The molecule has 0 N–H and O–H groups in total. The van der Waals surface area contributed by atoms with Crippen LogP contribution in [0.25, 0.3) is 11.1 Å². The lowest BCUT2D eigenvalue weighted by Crippen LogP contribution is -1.84. The zero-order valence-corrected chi connectivity index (χ0v) is 8.34. The summed E-state index contributed by atoms with van der Waals surface area (Å²) in [5.41, 5.74) is 1.57. The van der Waals surface area contributed by atoms with E-state index in [0.29, 0.717) is 0 Å². The number of hydrogen-bond acceptors (Lipinski definition) is 3. The fraction of sp³-hybridized carbons (Fsp3) is 0.250. The minimum Gasteiger partial charge on any atom is -0.457 e. The number of nitrogens with zero attached hydrogens (tertiary/aromatic N) is 2. The molecule has 0 radical (unpaired) electrons. The van der Waals surface area contributed by atoms with Gasteiger partial charge in [-0.3, -0.25) is 0 Å². The van der Waals surface area contributed by atoms with Gasteiger partial charge in [0.05, 0.1) is 10.7 Å². The molecule has 0 aliphatic heterocycles. The summed E-state index contributed by atoms with van der Waals surface area (Å²) < 4.78 is 6.30. The zero-order chi connectivity index (χ0) is 8.72. The molecule has 0 atom stereocenters. The van der Waals surface area contributed by atoms with Crippen molar-refractivity contribution in [2.45, 2.75) is 13.8 Å². The molecular formula is C8H7BrN2O. The first-order valence-electron chi connectivity index (χ1n) is 3.56. The molecule has 12 heavy (non-hydrogen) atoms. The molecule has 2 aromatic heterocycles. The third kappa shape index (κ3) is 1.03. The zero-order valence-electron chi connectivity index (χ0n) is 6.76. The Kier molecular flexibility index (Phi) is 1.65. The van der Waals surface area contributed by atoms with Crippen LogP contribution in [0, 0.1) is 13.8 Å². The molecule has 2 heterocycles. The van der Waals surface area contributed by atoms with Gasteiger partial charge in [0, 0.05) is 0 Å². The van der Waals surface area contributed by atoms with Crippen LogP contribution in [0.1, 0.15) is 11.6 Å². The van der Waals surface area contributed by atoms with Crippen molar-refractivity contribution in [1.82, 2.24) is 9.97 Å². The molecule has 3 nitrogen and oxygen atoms in total. The maximum absolute atomic E-state index is 5.38. The van der Waals surface area contributed by atoms with Crippen molar-refractivity contribution < 1.29 is 4.42 Å². The first kappa shape index (κ1) is 7.73. The van der Waals surface area contributed by atoms with Gasteiger partial charge in [-0.15, -0.1) is 0 Å². The van der Waals surface area contributed by atoms with Crippen LogP contribution < -0.4 is 0 Å². The van der Waals surface area contributed by atoms with Gasteiger partial charge >= 0.3 is 0 Å².